The summed E-state index contributed by atoms with van der Waals surface area (Å²) in [5.74, 6) is 1.75. The summed E-state index contributed by atoms with van der Waals surface area (Å²) in [6.07, 6.45) is 5.14. The summed E-state index contributed by atoms with van der Waals surface area (Å²) in [5.41, 5.74) is 3.20. The van der Waals surface area contributed by atoms with E-state index in [2.05, 4.69) is 51.5 Å². The second kappa shape index (κ2) is 8.27. The molecule has 1 aromatic carbocycles. The fourth-order valence-electron chi connectivity index (χ4n) is 4.54. The lowest BCUT2D eigenvalue weighted by Crippen LogP contribution is -2.46. The summed E-state index contributed by atoms with van der Waals surface area (Å²) < 4.78 is 1.82. The summed E-state index contributed by atoms with van der Waals surface area (Å²) in [6.45, 7) is 9.84. The molecule has 2 fully saturated rings. The first-order chi connectivity index (χ1) is 13.9. The summed E-state index contributed by atoms with van der Waals surface area (Å²) in [7, 11) is 0. The number of aryl methyl sites for hydroxylation is 4. The molecule has 1 N–H and O–H groups in total. The summed E-state index contributed by atoms with van der Waals surface area (Å²) in [5, 5.41) is 7.55. The number of likely N-dealkylation sites (tertiary alicyclic amines) is 1. The van der Waals surface area contributed by atoms with Gasteiger partial charge in [0.05, 0.1) is 6.54 Å². The molecular formula is C23H33N5O. The Morgan fingerprint density at radius 3 is 2.41 bits per heavy atom. The van der Waals surface area contributed by atoms with Gasteiger partial charge in [0.1, 0.15) is 11.6 Å². The maximum atomic E-state index is 12.3. The van der Waals surface area contributed by atoms with Crippen LogP contribution in [0.3, 0.4) is 0 Å². The predicted octanol–water partition coefficient (Wildman–Crippen LogP) is 2.91. The van der Waals surface area contributed by atoms with Crippen molar-refractivity contribution < 1.29 is 4.79 Å². The van der Waals surface area contributed by atoms with Crippen molar-refractivity contribution in [2.75, 3.05) is 19.6 Å². The molecule has 1 saturated heterocycles. The van der Waals surface area contributed by atoms with E-state index in [1.807, 2.05) is 18.5 Å². The third-order valence-electron chi connectivity index (χ3n) is 6.51. The highest BCUT2D eigenvalue weighted by Gasteiger charge is 2.45. The van der Waals surface area contributed by atoms with Crippen molar-refractivity contribution >= 4 is 5.91 Å². The number of carbonyl (C=O) groups excluding carboxylic acids is 1. The minimum atomic E-state index is 0.120. The first-order valence-electron chi connectivity index (χ1n) is 10.9. The maximum absolute atomic E-state index is 12.3. The van der Waals surface area contributed by atoms with Gasteiger partial charge < -0.3 is 10.2 Å². The quantitative estimate of drug-likeness (QED) is 0.783. The number of hydrogen-bond donors (Lipinski definition) is 1. The lowest BCUT2D eigenvalue weighted by Gasteiger charge is -2.35. The lowest BCUT2D eigenvalue weighted by molar-refractivity contribution is -0.122. The normalized spacial score (nSPS) is 19.3. The van der Waals surface area contributed by atoms with Crippen LogP contribution in [0.1, 0.15) is 54.9 Å². The van der Waals surface area contributed by atoms with Crippen molar-refractivity contribution in [1.82, 2.24) is 25.0 Å². The average molecular weight is 396 g/mol. The molecule has 4 rings (SSSR count). The molecule has 2 aromatic rings. The van der Waals surface area contributed by atoms with E-state index in [-0.39, 0.29) is 5.91 Å². The third kappa shape index (κ3) is 4.86. The molecule has 6 heteroatoms. The first-order valence-corrected chi connectivity index (χ1v) is 10.9. The van der Waals surface area contributed by atoms with Gasteiger partial charge in [-0.15, -0.1) is 0 Å². The van der Waals surface area contributed by atoms with Gasteiger partial charge in [0.15, 0.2) is 0 Å². The largest absolute Gasteiger partial charge is 0.353 e. The van der Waals surface area contributed by atoms with Gasteiger partial charge in [-0.2, -0.15) is 5.10 Å². The number of piperidine rings is 1. The monoisotopic (exact) mass is 395 g/mol. The van der Waals surface area contributed by atoms with Gasteiger partial charge in [-0.3, -0.25) is 4.79 Å². The Morgan fingerprint density at radius 2 is 1.83 bits per heavy atom. The number of nitrogens with one attached hydrogen (secondary N) is 1. The minimum Gasteiger partial charge on any atom is -0.353 e. The van der Waals surface area contributed by atoms with E-state index in [9.17, 15) is 4.79 Å². The van der Waals surface area contributed by atoms with Gasteiger partial charge in [-0.25, -0.2) is 9.67 Å². The molecule has 0 unspecified atom stereocenters. The molecule has 6 nitrogen and oxygen atoms in total. The van der Waals surface area contributed by atoms with Gasteiger partial charge >= 0.3 is 0 Å². The number of benzene rings is 1. The van der Waals surface area contributed by atoms with Crippen LogP contribution >= 0.6 is 0 Å². The Bertz CT molecular complexity index is 845. The standard InChI is InChI=1S/C23H33N5O/c1-17-4-6-20(7-5-17)23(11-12-23)16-27-13-8-21(9-14-27)25-22(29)10-15-28-19(3)24-18(2)26-28/h4-7,21H,8-16H2,1-3H3,(H,25,29). The molecule has 156 valence electrons. The molecule has 1 aromatic heterocycles. The predicted molar refractivity (Wildman–Crippen MR) is 114 cm³/mol. The lowest BCUT2D eigenvalue weighted by atomic mass is 9.93. The zero-order valence-electron chi connectivity index (χ0n) is 17.9. The Labute approximate surface area is 173 Å². The van der Waals surface area contributed by atoms with Crippen molar-refractivity contribution in [3.63, 3.8) is 0 Å². The number of amides is 1. The smallest absolute Gasteiger partial charge is 0.222 e. The van der Waals surface area contributed by atoms with Crippen LogP contribution in [0.2, 0.25) is 0 Å². The average Bonchev–Trinajstić information content (AvgIpc) is 3.40. The molecule has 2 heterocycles. The van der Waals surface area contributed by atoms with Gasteiger partial charge in [-0.05, 0) is 52.0 Å². The van der Waals surface area contributed by atoms with E-state index in [1.54, 1.807) is 0 Å². The highest BCUT2D eigenvalue weighted by Crippen LogP contribution is 2.49. The number of rotatable bonds is 7. The van der Waals surface area contributed by atoms with Crippen molar-refractivity contribution in [1.29, 1.82) is 0 Å². The van der Waals surface area contributed by atoms with E-state index in [1.165, 1.54) is 24.0 Å². The topological polar surface area (TPSA) is 63.1 Å². The second-order valence-corrected chi connectivity index (χ2v) is 8.94. The van der Waals surface area contributed by atoms with Crippen LogP contribution in [0.5, 0.6) is 0 Å². The molecule has 1 saturated carbocycles. The minimum absolute atomic E-state index is 0.120. The van der Waals surface area contributed by atoms with E-state index in [0.29, 0.717) is 24.4 Å². The van der Waals surface area contributed by atoms with Crippen LogP contribution < -0.4 is 5.32 Å². The molecule has 1 aliphatic heterocycles. The molecule has 1 amide bonds. The molecule has 1 aliphatic carbocycles. The number of hydrogen-bond acceptors (Lipinski definition) is 4. The Hall–Kier alpha value is -2.21. The van der Waals surface area contributed by atoms with E-state index in [4.69, 9.17) is 0 Å². The molecule has 0 atom stereocenters. The van der Waals surface area contributed by atoms with E-state index >= 15 is 0 Å². The molecular weight excluding hydrogens is 362 g/mol. The zero-order chi connectivity index (χ0) is 20.4. The number of nitrogens with zero attached hydrogens (tertiary/aromatic N) is 4. The zero-order valence-corrected chi connectivity index (χ0v) is 17.9. The van der Waals surface area contributed by atoms with Crippen molar-refractivity contribution in [2.45, 2.75) is 70.9 Å². The van der Waals surface area contributed by atoms with Crippen LogP contribution in [0.4, 0.5) is 0 Å². The SMILES string of the molecule is Cc1ccc(C2(CN3CCC(NC(=O)CCn4nc(C)nc4C)CC3)CC2)cc1. The Morgan fingerprint density at radius 1 is 1.14 bits per heavy atom. The third-order valence-corrected chi connectivity index (χ3v) is 6.51. The number of carbonyl (C=O) groups is 1. The van der Waals surface area contributed by atoms with Gasteiger partial charge in [0.25, 0.3) is 0 Å². The first kappa shape index (κ1) is 20.1. The van der Waals surface area contributed by atoms with E-state index in [0.717, 1.165) is 44.1 Å². The highest BCUT2D eigenvalue weighted by atomic mass is 16.1. The van der Waals surface area contributed by atoms with Crippen LogP contribution in [0.25, 0.3) is 0 Å². The fraction of sp³-hybridized carbons (Fsp3) is 0.609. The van der Waals surface area contributed by atoms with Crippen LogP contribution in [0.15, 0.2) is 24.3 Å². The summed E-state index contributed by atoms with van der Waals surface area (Å²) >= 11 is 0. The summed E-state index contributed by atoms with van der Waals surface area (Å²) in [4.78, 5) is 19.2. The van der Waals surface area contributed by atoms with Crippen molar-refractivity contribution in [3.05, 3.63) is 47.0 Å². The van der Waals surface area contributed by atoms with Crippen LogP contribution in [0, 0.1) is 20.8 Å². The fourth-order valence-corrected chi connectivity index (χ4v) is 4.54. The molecule has 0 radical (unpaired) electrons. The Balaban J connectivity index is 1.21. The molecule has 29 heavy (non-hydrogen) atoms. The van der Waals surface area contributed by atoms with Gasteiger partial charge in [0, 0.05) is 37.5 Å². The van der Waals surface area contributed by atoms with Crippen LogP contribution in [-0.4, -0.2) is 51.2 Å². The molecule has 2 aliphatic rings. The number of aromatic nitrogens is 3. The highest BCUT2D eigenvalue weighted by molar-refractivity contribution is 5.76. The molecule has 0 bridgehead atoms. The summed E-state index contributed by atoms with van der Waals surface area (Å²) in [6, 6.07) is 9.40. The van der Waals surface area contributed by atoms with Gasteiger partial charge in [0.2, 0.25) is 5.91 Å². The van der Waals surface area contributed by atoms with Crippen LogP contribution in [-0.2, 0) is 16.8 Å². The molecule has 0 spiro atoms. The maximum Gasteiger partial charge on any atom is 0.222 e. The van der Waals surface area contributed by atoms with Crippen molar-refractivity contribution in [2.24, 2.45) is 0 Å². The van der Waals surface area contributed by atoms with Gasteiger partial charge in [-0.1, -0.05) is 29.8 Å². The second-order valence-electron chi connectivity index (χ2n) is 8.94. The van der Waals surface area contributed by atoms with E-state index < -0.39 is 0 Å². The Kier molecular flexibility index (Phi) is 5.72. The van der Waals surface area contributed by atoms with Crippen molar-refractivity contribution in [3.8, 4) is 0 Å².